The lowest BCUT2D eigenvalue weighted by Gasteiger charge is -2.48. The fourth-order valence-corrected chi connectivity index (χ4v) is 4.43. The molecule has 0 aromatic carbocycles. The van der Waals surface area contributed by atoms with E-state index in [4.69, 9.17) is 19.4 Å². The first-order valence-electron chi connectivity index (χ1n) is 9.63. The van der Waals surface area contributed by atoms with Crippen molar-refractivity contribution in [2.45, 2.75) is 37.1 Å². The van der Waals surface area contributed by atoms with Crippen LogP contribution in [0.25, 0.3) is 0 Å². The lowest BCUT2D eigenvalue weighted by atomic mass is 9.88. The Bertz CT molecular complexity index is 717. The minimum atomic E-state index is -5.08. The van der Waals surface area contributed by atoms with Crippen LogP contribution in [0.3, 0.4) is 0 Å². The van der Waals surface area contributed by atoms with Gasteiger partial charge in [-0.15, -0.1) is 11.3 Å². The van der Waals surface area contributed by atoms with Crippen molar-refractivity contribution in [3.05, 3.63) is 16.6 Å². The van der Waals surface area contributed by atoms with Gasteiger partial charge in [-0.3, -0.25) is 9.69 Å². The van der Waals surface area contributed by atoms with Crippen LogP contribution in [-0.4, -0.2) is 95.6 Å². The molecule has 1 amide bonds. The molecule has 1 spiro atoms. The number of aromatic nitrogens is 1. The first-order valence-corrected chi connectivity index (χ1v) is 10.6. The van der Waals surface area contributed by atoms with Gasteiger partial charge < -0.3 is 19.5 Å². The van der Waals surface area contributed by atoms with Crippen LogP contribution in [0.4, 0.5) is 13.2 Å². The van der Waals surface area contributed by atoms with Crippen LogP contribution < -0.4 is 0 Å². The van der Waals surface area contributed by atoms with E-state index < -0.39 is 12.1 Å². The zero-order valence-corrected chi connectivity index (χ0v) is 17.1. The monoisotopic (exact) mass is 451 g/mol. The van der Waals surface area contributed by atoms with Crippen LogP contribution in [0, 0.1) is 0 Å². The Morgan fingerprint density at radius 3 is 2.47 bits per heavy atom. The quantitative estimate of drug-likeness (QED) is 0.734. The Balaban J connectivity index is 0.000000318. The van der Waals surface area contributed by atoms with E-state index in [9.17, 15) is 18.0 Å². The second-order valence-electron chi connectivity index (χ2n) is 7.49. The molecule has 1 N–H and O–H groups in total. The number of thiazole rings is 1. The number of piperidine rings is 1. The number of amides is 1. The third kappa shape index (κ3) is 5.68. The van der Waals surface area contributed by atoms with Gasteiger partial charge in [0.2, 0.25) is 0 Å². The standard InChI is InChI=1S/C16H23N3O3S.C2HF3O2/c20-15(14-10-23-12-17-14)19-6-8-22-16(11-19)2-4-18(5-3-16)13-1-7-21-9-13;3-2(4,5)1(6)7/h10,12-13H,1-9,11H2;(H,6,7). The van der Waals surface area contributed by atoms with Crippen LogP contribution in [0.1, 0.15) is 29.8 Å². The van der Waals surface area contributed by atoms with Crippen molar-refractivity contribution in [2.75, 3.05) is 46.0 Å². The fourth-order valence-electron chi connectivity index (χ4n) is 3.91. The molecule has 12 heteroatoms. The van der Waals surface area contributed by atoms with E-state index in [-0.39, 0.29) is 11.5 Å². The van der Waals surface area contributed by atoms with Gasteiger partial charge in [-0.25, -0.2) is 9.78 Å². The average molecular weight is 451 g/mol. The van der Waals surface area contributed by atoms with Crippen molar-refractivity contribution in [1.29, 1.82) is 0 Å². The number of rotatable bonds is 2. The van der Waals surface area contributed by atoms with E-state index in [0.29, 0.717) is 31.4 Å². The summed E-state index contributed by atoms with van der Waals surface area (Å²) in [4.78, 5) is 30.1. The molecule has 0 saturated carbocycles. The minimum absolute atomic E-state index is 0.0422. The first kappa shape index (κ1) is 22.9. The number of carbonyl (C=O) groups is 2. The molecule has 1 atom stereocenters. The molecular formula is C18H24F3N3O5S. The summed E-state index contributed by atoms with van der Waals surface area (Å²) < 4.78 is 43.4. The van der Waals surface area contributed by atoms with Crippen LogP contribution in [0.15, 0.2) is 10.9 Å². The number of morpholine rings is 1. The molecule has 1 aromatic rings. The molecule has 30 heavy (non-hydrogen) atoms. The topological polar surface area (TPSA) is 92.2 Å². The highest BCUT2D eigenvalue weighted by Gasteiger charge is 2.42. The van der Waals surface area contributed by atoms with Gasteiger partial charge in [0.25, 0.3) is 5.91 Å². The van der Waals surface area contributed by atoms with Crippen LogP contribution >= 0.6 is 11.3 Å². The van der Waals surface area contributed by atoms with E-state index >= 15 is 0 Å². The van der Waals surface area contributed by atoms with Crippen molar-refractivity contribution < 1.29 is 37.3 Å². The van der Waals surface area contributed by atoms with Gasteiger partial charge >= 0.3 is 12.1 Å². The van der Waals surface area contributed by atoms with Gasteiger partial charge in [0.15, 0.2) is 0 Å². The number of likely N-dealkylation sites (tertiary alicyclic amines) is 1. The van der Waals surface area contributed by atoms with E-state index in [2.05, 4.69) is 9.88 Å². The maximum atomic E-state index is 12.5. The average Bonchev–Trinajstić information content (AvgIpc) is 3.42. The molecule has 4 rings (SSSR count). The Morgan fingerprint density at radius 1 is 1.23 bits per heavy atom. The van der Waals surface area contributed by atoms with Crippen molar-refractivity contribution >= 4 is 23.2 Å². The van der Waals surface area contributed by atoms with Gasteiger partial charge in [-0.1, -0.05) is 0 Å². The summed E-state index contributed by atoms with van der Waals surface area (Å²) in [5.74, 6) is -2.71. The number of hydrogen-bond acceptors (Lipinski definition) is 7. The molecule has 0 radical (unpaired) electrons. The van der Waals surface area contributed by atoms with Gasteiger partial charge in [0.1, 0.15) is 5.69 Å². The normalized spacial score (nSPS) is 24.4. The van der Waals surface area contributed by atoms with Gasteiger partial charge in [-0.2, -0.15) is 13.2 Å². The van der Waals surface area contributed by atoms with E-state index in [1.807, 2.05) is 10.3 Å². The number of ether oxygens (including phenoxy) is 2. The van der Waals surface area contributed by atoms with Crippen LogP contribution in [0.2, 0.25) is 0 Å². The predicted molar refractivity (Wildman–Crippen MR) is 100 cm³/mol. The molecule has 8 nitrogen and oxygen atoms in total. The Hall–Kier alpha value is -1.76. The van der Waals surface area contributed by atoms with E-state index in [1.165, 1.54) is 11.3 Å². The summed E-state index contributed by atoms with van der Waals surface area (Å²) in [6.45, 7) is 5.81. The van der Waals surface area contributed by atoms with Crippen molar-refractivity contribution in [3.63, 3.8) is 0 Å². The minimum Gasteiger partial charge on any atom is -0.475 e. The molecule has 0 bridgehead atoms. The van der Waals surface area contributed by atoms with Gasteiger partial charge in [0.05, 0.1) is 30.9 Å². The number of hydrogen-bond donors (Lipinski definition) is 1. The molecule has 3 fully saturated rings. The summed E-state index contributed by atoms with van der Waals surface area (Å²) in [5, 5.41) is 8.95. The van der Waals surface area contributed by atoms with E-state index in [1.54, 1.807) is 5.51 Å². The smallest absolute Gasteiger partial charge is 0.475 e. The largest absolute Gasteiger partial charge is 0.490 e. The van der Waals surface area contributed by atoms with Crippen LogP contribution in [-0.2, 0) is 14.3 Å². The number of alkyl halides is 3. The fraction of sp³-hybridized carbons (Fsp3) is 0.722. The number of carboxylic acids is 1. The summed E-state index contributed by atoms with van der Waals surface area (Å²) in [5.41, 5.74) is 2.11. The SMILES string of the molecule is O=C(O)C(F)(F)F.O=C(c1cscn1)N1CCOC2(CCN(C3CCOC3)CC2)C1. The molecule has 3 aliphatic heterocycles. The maximum Gasteiger partial charge on any atom is 0.490 e. The molecule has 168 valence electrons. The third-order valence-corrected chi connectivity index (χ3v) is 6.15. The maximum absolute atomic E-state index is 12.5. The lowest BCUT2D eigenvalue weighted by Crippen LogP contribution is -2.59. The van der Waals surface area contributed by atoms with Crippen LogP contribution in [0.5, 0.6) is 0 Å². The van der Waals surface area contributed by atoms with Crippen molar-refractivity contribution in [2.24, 2.45) is 0 Å². The zero-order chi connectivity index (χ0) is 21.8. The summed E-state index contributed by atoms with van der Waals surface area (Å²) >= 11 is 1.47. The third-order valence-electron chi connectivity index (χ3n) is 5.56. The number of nitrogens with zero attached hydrogens (tertiary/aromatic N) is 3. The number of carbonyl (C=O) groups excluding carboxylic acids is 1. The Morgan fingerprint density at radius 2 is 1.93 bits per heavy atom. The summed E-state index contributed by atoms with van der Waals surface area (Å²) in [6.07, 6.45) is -1.96. The first-order chi connectivity index (χ1) is 14.2. The Kier molecular flexibility index (Phi) is 7.32. The van der Waals surface area contributed by atoms with Crippen molar-refractivity contribution in [1.82, 2.24) is 14.8 Å². The lowest BCUT2D eigenvalue weighted by molar-refractivity contribution is -0.192. The summed E-state index contributed by atoms with van der Waals surface area (Å²) in [7, 11) is 0. The Labute approximate surface area is 175 Å². The molecule has 3 saturated heterocycles. The highest BCUT2D eigenvalue weighted by Crippen LogP contribution is 2.32. The number of carboxylic acid groups (broad SMARTS) is 1. The molecule has 1 unspecified atom stereocenters. The number of halogens is 3. The highest BCUT2D eigenvalue weighted by molar-refractivity contribution is 7.07. The second kappa shape index (κ2) is 9.58. The second-order valence-corrected chi connectivity index (χ2v) is 8.21. The molecule has 0 aliphatic carbocycles. The summed E-state index contributed by atoms with van der Waals surface area (Å²) in [6, 6.07) is 0.573. The molecule has 4 heterocycles. The van der Waals surface area contributed by atoms with Crippen molar-refractivity contribution in [3.8, 4) is 0 Å². The predicted octanol–water partition coefficient (Wildman–Crippen LogP) is 1.87. The van der Waals surface area contributed by atoms with E-state index in [0.717, 1.165) is 45.6 Å². The highest BCUT2D eigenvalue weighted by atomic mass is 32.1. The number of aliphatic carboxylic acids is 1. The zero-order valence-electron chi connectivity index (χ0n) is 16.3. The van der Waals surface area contributed by atoms with Gasteiger partial charge in [0, 0.05) is 37.7 Å². The molecule has 3 aliphatic rings. The molecule has 1 aromatic heterocycles. The van der Waals surface area contributed by atoms with Gasteiger partial charge in [-0.05, 0) is 19.3 Å². The molecular weight excluding hydrogens is 427 g/mol.